The highest BCUT2D eigenvalue weighted by Crippen LogP contribution is 2.28. The number of benzene rings is 2. The number of rotatable bonds is 6. The van der Waals surface area contributed by atoms with Crippen LogP contribution in [0.25, 0.3) is 11.3 Å². The summed E-state index contributed by atoms with van der Waals surface area (Å²) in [4.78, 5) is 21.1. The Morgan fingerprint density at radius 3 is 2.43 bits per heavy atom. The molecule has 28 heavy (non-hydrogen) atoms. The second-order valence-electron chi connectivity index (χ2n) is 6.96. The molecule has 0 saturated heterocycles. The van der Waals surface area contributed by atoms with Crippen LogP contribution in [0.1, 0.15) is 37.6 Å². The lowest BCUT2D eigenvalue weighted by atomic mass is 10.1. The summed E-state index contributed by atoms with van der Waals surface area (Å²) in [5, 5.41) is 13.6. The molecule has 3 aromatic rings. The number of hydrogen-bond acceptors (Lipinski definition) is 4. The van der Waals surface area contributed by atoms with E-state index in [-0.39, 0.29) is 29.2 Å². The van der Waals surface area contributed by atoms with E-state index in [2.05, 4.69) is 15.3 Å². The van der Waals surface area contributed by atoms with Crippen LogP contribution in [0.4, 0.5) is 10.2 Å². The van der Waals surface area contributed by atoms with Gasteiger partial charge in [-0.1, -0.05) is 44.2 Å². The molecule has 0 saturated carbocycles. The number of anilines is 1. The summed E-state index contributed by atoms with van der Waals surface area (Å²) < 4.78 is 13.2. The fourth-order valence-corrected chi connectivity index (χ4v) is 2.80. The minimum atomic E-state index is -1.07. The van der Waals surface area contributed by atoms with Gasteiger partial charge in [-0.3, -0.25) is 4.79 Å². The maximum Gasteiger partial charge on any atom is 0.225 e. The van der Waals surface area contributed by atoms with Crippen molar-refractivity contribution in [1.29, 1.82) is 0 Å². The largest absolute Gasteiger partial charge is 0.382 e. The Kier molecular flexibility index (Phi) is 6.11. The Morgan fingerprint density at radius 2 is 1.79 bits per heavy atom. The number of nitrogens with one attached hydrogen (secondary N) is 1. The molecule has 1 heterocycles. The molecule has 0 aliphatic carbocycles. The first-order valence-electron chi connectivity index (χ1n) is 9.09. The molecule has 0 spiro atoms. The molecule has 0 aliphatic heterocycles. The molecule has 1 unspecified atom stereocenters. The highest BCUT2D eigenvalue weighted by atomic mass is 19.1. The smallest absolute Gasteiger partial charge is 0.225 e. The first kappa shape index (κ1) is 19.6. The van der Waals surface area contributed by atoms with Gasteiger partial charge in [-0.2, -0.15) is 0 Å². The third-order valence-corrected chi connectivity index (χ3v) is 4.17. The zero-order valence-electron chi connectivity index (χ0n) is 15.8. The normalized spacial score (nSPS) is 12.0. The molecule has 5 nitrogen and oxygen atoms in total. The van der Waals surface area contributed by atoms with Crippen LogP contribution < -0.4 is 5.32 Å². The monoisotopic (exact) mass is 379 g/mol. The Morgan fingerprint density at radius 1 is 1.11 bits per heavy atom. The topological polar surface area (TPSA) is 75.1 Å². The fourth-order valence-electron chi connectivity index (χ4n) is 2.80. The molecule has 1 aromatic heterocycles. The van der Waals surface area contributed by atoms with Crippen molar-refractivity contribution in [3.8, 4) is 11.3 Å². The van der Waals surface area contributed by atoms with Crippen molar-refractivity contribution in [3.63, 3.8) is 0 Å². The van der Waals surface area contributed by atoms with Gasteiger partial charge < -0.3 is 10.4 Å². The summed E-state index contributed by atoms with van der Waals surface area (Å²) in [5.74, 6) is -0.138. The van der Waals surface area contributed by atoms with Crippen LogP contribution in [-0.4, -0.2) is 21.0 Å². The second kappa shape index (κ2) is 8.71. The molecule has 1 atom stereocenters. The van der Waals surface area contributed by atoms with E-state index in [9.17, 15) is 14.3 Å². The average molecular weight is 379 g/mol. The number of nitrogens with zero attached hydrogens (tertiary/aromatic N) is 2. The molecule has 2 aromatic carbocycles. The standard InChI is InChI=1S/C22H22FN3O2/c1-14(2)12-19(27)26-22-20(21(28)16-6-4-3-5-7-16)25-18(13-24-22)15-8-10-17(23)11-9-15/h3-11,13-14,21,28H,12H2,1-2H3,(H,24,26,27). The highest BCUT2D eigenvalue weighted by Gasteiger charge is 2.20. The predicted molar refractivity (Wildman–Crippen MR) is 106 cm³/mol. The van der Waals surface area contributed by atoms with Crippen molar-refractivity contribution in [2.75, 3.05) is 5.32 Å². The minimum absolute atomic E-state index is 0.189. The maximum absolute atomic E-state index is 13.2. The third kappa shape index (κ3) is 4.78. The summed E-state index contributed by atoms with van der Waals surface area (Å²) in [6.45, 7) is 3.89. The molecule has 144 valence electrons. The van der Waals surface area contributed by atoms with Crippen molar-refractivity contribution in [2.24, 2.45) is 5.92 Å². The number of halogens is 1. The molecule has 0 bridgehead atoms. The Balaban J connectivity index is 2.01. The van der Waals surface area contributed by atoms with Crippen LogP contribution in [0.3, 0.4) is 0 Å². The molecule has 0 fully saturated rings. The van der Waals surface area contributed by atoms with E-state index in [1.165, 1.54) is 18.3 Å². The zero-order chi connectivity index (χ0) is 20.1. The minimum Gasteiger partial charge on any atom is -0.382 e. The average Bonchev–Trinajstić information content (AvgIpc) is 2.68. The summed E-state index contributed by atoms with van der Waals surface area (Å²) in [6, 6.07) is 14.9. The van der Waals surface area contributed by atoms with E-state index in [0.717, 1.165) is 0 Å². The van der Waals surface area contributed by atoms with E-state index in [0.29, 0.717) is 23.2 Å². The highest BCUT2D eigenvalue weighted by molar-refractivity contribution is 5.90. The molecule has 0 radical (unpaired) electrons. The molecule has 3 rings (SSSR count). The molecular formula is C22H22FN3O2. The summed E-state index contributed by atoms with van der Waals surface area (Å²) >= 11 is 0. The zero-order valence-corrected chi connectivity index (χ0v) is 15.8. The summed E-state index contributed by atoms with van der Waals surface area (Å²) in [5.41, 5.74) is 2.01. The van der Waals surface area contributed by atoms with Crippen molar-refractivity contribution in [1.82, 2.24) is 9.97 Å². The van der Waals surface area contributed by atoms with E-state index >= 15 is 0 Å². The second-order valence-corrected chi connectivity index (χ2v) is 6.96. The number of aliphatic hydroxyl groups is 1. The number of hydrogen-bond donors (Lipinski definition) is 2. The fraction of sp³-hybridized carbons (Fsp3) is 0.227. The lowest BCUT2D eigenvalue weighted by Gasteiger charge is -2.16. The Bertz CT molecular complexity index is 944. The van der Waals surface area contributed by atoms with Gasteiger partial charge in [0.25, 0.3) is 0 Å². The van der Waals surface area contributed by atoms with Gasteiger partial charge in [0.1, 0.15) is 17.6 Å². The lowest BCUT2D eigenvalue weighted by Crippen LogP contribution is -2.18. The molecule has 0 aliphatic rings. The van der Waals surface area contributed by atoms with E-state index < -0.39 is 6.10 Å². The van der Waals surface area contributed by atoms with Gasteiger partial charge in [0.2, 0.25) is 5.91 Å². The van der Waals surface area contributed by atoms with Crippen LogP contribution >= 0.6 is 0 Å². The van der Waals surface area contributed by atoms with Gasteiger partial charge >= 0.3 is 0 Å². The number of amides is 1. The number of aromatic nitrogens is 2. The number of aliphatic hydroxyl groups excluding tert-OH is 1. The SMILES string of the molecule is CC(C)CC(=O)Nc1ncc(-c2ccc(F)cc2)nc1C(O)c1ccccc1. The van der Waals surface area contributed by atoms with Crippen molar-refractivity contribution < 1.29 is 14.3 Å². The quantitative estimate of drug-likeness (QED) is 0.668. The molecule has 6 heteroatoms. The summed E-state index contributed by atoms with van der Waals surface area (Å²) in [7, 11) is 0. The van der Waals surface area contributed by atoms with Gasteiger partial charge in [-0.15, -0.1) is 0 Å². The molecule has 2 N–H and O–H groups in total. The van der Waals surface area contributed by atoms with Gasteiger partial charge in [0.05, 0.1) is 11.9 Å². The van der Waals surface area contributed by atoms with Crippen LogP contribution in [0.2, 0.25) is 0 Å². The van der Waals surface area contributed by atoms with E-state index in [1.54, 1.807) is 24.3 Å². The van der Waals surface area contributed by atoms with Crippen molar-refractivity contribution >= 4 is 11.7 Å². The van der Waals surface area contributed by atoms with E-state index in [1.807, 2.05) is 32.0 Å². The van der Waals surface area contributed by atoms with Gasteiger partial charge in [-0.25, -0.2) is 14.4 Å². The van der Waals surface area contributed by atoms with Crippen molar-refractivity contribution in [2.45, 2.75) is 26.4 Å². The number of carbonyl (C=O) groups excluding carboxylic acids is 1. The maximum atomic E-state index is 13.2. The van der Waals surface area contributed by atoms with Gasteiger partial charge in [-0.05, 0) is 35.7 Å². The first-order valence-corrected chi connectivity index (χ1v) is 9.09. The van der Waals surface area contributed by atoms with Crippen LogP contribution in [-0.2, 0) is 4.79 Å². The Labute approximate surface area is 163 Å². The molecule has 1 amide bonds. The third-order valence-electron chi connectivity index (χ3n) is 4.17. The van der Waals surface area contributed by atoms with Gasteiger partial charge in [0, 0.05) is 12.0 Å². The Hall–Kier alpha value is -3.12. The predicted octanol–water partition coefficient (Wildman–Crippen LogP) is 4.35. The van der Waals surface area contributed by atoms with Crippen LogP contribution in [0, 0.1) is 11.7 Å². The summed E-state index contributed by atoms with van der Waals surface area (Å²) in [6.07, 6.45) is 0.769. The molecular weight excluding hydrogens is 357 g/mol. The van der Waals surface area contributed by atoms with Crippen LogP contribution in [0.15, 0.2) is 60.8 Å². The lowest BCUT2D eigenvalue weighted by molar-refractivity contribution is -0.116. The van der Waals surface area contributed by atoms with Crippen LogP contribution in [0.5, 0.6) is 0 Å². The number of carbonyl (C=O) groups is 1. The first-order chi connectivity index (χ1) is 13.4. The van der Waals surface area contributed by atoms with E-state index in [4.69, 9.17) is 0 Å². The van der Waals surface area contributed by atoms with Crippen molar-refractivity contribution in [3.05, 3.63) is 77.9 Å². The van der Waals surface area contributed by atoms with Gasteiger partial charge in [0.15, 0.2) is 5.82 Å².